The fraction of sp³-hybridized carbons (Fsp3) is 0.267. The summed E-state index contributed by atoms with van der Waals surface area (Å²) in [6.45, 7) is 6.12. The first-order chi connectivity index (χ1) is 9.86. The standard InChI is InChI=1S/C15H15FN4S/c1-15(2,3)11-7-9(13-18-14(21)20-19-13)8-5-4-6-10(16)12(8)17-11/h4-7H,1-3H3,(H2,18,19,20,21). The van der Waals surface area contributed by atoms with E-state index in [1.165, 1.54) is 6.07 Å². The van der Waals surface area contributed by atoms with Gasteiger partial charge in [-0.1, -0.05) is 32.9 Å². The number of hydrogen-bond acceptors (Lipinski definition) is 3. The minimum Gasteiger partial charge on any atom is -0.282 e. The SMILES string of the molecule is CC(C)(C)c1cc(-c2nc(=S)[nH][nH]2)c2cccc(F)c2n1. The highest BCUT2D eigenvalue weighted by Crippen LogP contribution is 2.31. The van der Waals surface area contributed by atoms with E-state index >= 15 is 0 Å². The van der Waals surface area contributed by atoms with Gasteiger partial charge >= 0.3 is 0 Å². The van der Waals surface area contributed by atoms with Crippen LogP contribution in [0, 0.1) is 10.6 Å². The zero-order chi connectivity index (χ0) is 15.2. The van der Waals surface area contributed by atoms with Gasteiger partial charge in [0.2, 0.25) is 4.77 Å². The maximum Gasteiger partial charge on any atom is 0.213 e. The van der Waals surface area contributed by atoms with E-state index in [0.717, 1.165) is 11.3 Å². The molecule has 3 aromatic rings. The summed E-state index contributed by atoms with van der Waals surface area (Å²) in [5.74, 6) is 0.248. The summed E-state index contributed by atoms with van der Waals surface area (Å²) in [6, 6.07) is 6.85. The van der Waals surface area contributed by atoms with Crippen molar-refractivity contribution in [3.05, 3.63) is 40.5 Å². The van der Waals surface area contributed by atoms with Crippen LogP contribution in [-0.2, 0) is 5.41 Å². The summed E-state index contributed by atoms with van der Waals surface area (Å²) in [5, 5.41) is 6.40. The third-order valence-electron chi connectivity index (χ3n) is 3.31. The van der Waals surface area contributed by atoms with Crippen LogP contribution in [0.3, 0.4) is 0 Å². The Morgan fingerprint density at radius 2 is 1.90 bits per heavy atom. The first-order valence-electron chi connectivity index (χ1n) is 6.61. The number of nitrogens with zero attached hydrogens (tertiary/aromatic N) is 2. The largest absolute Gasteiger partial charge is 0.282 e. The van der Waals surface area contributed by atoms with Crippen molar-refractivity contribution in [1.82, 2.24) is 20.2 Å². The van der Waals surface area contributed by atoms with Crippen molar-refractivity contribution in [1.29, 1.82) is 0 Å². The Kier molecular flexibility index (Phi) is 3.13. The molecule has 2 N–H and O–H groups in total. The molecule has 0 fully saturated rings. The molecule has 0 saturated heterocycles. The highest BCUT2D eigenvalue weighted by atomic mass is 32.1. The van der Waals surface area contributed by atoms with Gasteiger partial charge in [0.05, 0.1) is 0 Å². The Bertz CT molecular complexity index is 873. The van der Waals surface area contributed by atoms with Crippen molar-refractivity contribution in [2.75, 3.05) is 0 Å². The van der Waals surface area contributed by atoms with Crippen LogP contribution in [-0.4, -0.2) is 20.2 Å². The fourth-order valence-electron chi connectivity index (χ4n) is 2.19. The van der Waals surface area contributed by atoms with Crippen LogP contribution in [0.2, 0.25) is 0 Å². The molecule has 0 unspecified atom stereocenters. The lowest BCUT2D eigenvalue weighted by Crippen LogP contribution is -2.14. The summed E-state index contributed by atoms with van der Waals surface area (Å²) >= 11 is 5.00. The molecule has 108 valence electrons. The van der Waals surface area contributed by atoms with Crippen molar-refractivity contribution in [2.24, 2.45) is 0 Å². The molecular weight excluding hydrogens is 287 g/mol. The first-order valence-corrected chi connectivity index (χ1v) is 7.02. The Morgan fingerprint density at radius 1 is 1.14 bits per heavy atom. The molecular formula is C15H15FN4S. The summed E-state index contributed by atoms with van der Waals surface area (Å²) < 4.78 is 14.5. The summed E-state index contributed by atoms with van der Waals surface area (Å²) in [5.41, 5.74) is 1.75. The van der Waals surface area contributed by atoms with E-state index in [4.69, 9.17) is 12.2 Å². The van der Waals surface area contributed by atoms with E-state index in [0.29, 0.717) is 21.5 Å². The number of halogens is 1. The smallest absolute Gasteiger partial charge is 0.213 e. The predicted octanol–water partition coefficient (Wildman–Crippen LogP) is 4.12. The fourth-order valence-corrected chi connectivity index (χ4v) is 2.33. The Balaban J connectivity index is 2.41. The maximum absolute atomic E-state index is 14.1. The lowest BCUT2D eigenvalue weighted by molar-refractivity contribution is 0.569. The van der Waals surface area contributed by atoms with Crippen molar-refractivity contribution in [2.45, 2.75) is 26.2 Å². The van der Waals surface area contributed by atoms with E-state index in [-0.39, 0.29) is 11.2 Å². The van der Waals surface area contributed by atoms with Crippen molar-refractivity contribution in [3.8, 4) is 11.4 Å². The van der Waals surface area contributed by atoms with Crippen LogP contribution in [0.25, 0.3) is 22.3 Å². The summed E-state index contributed by atoms with van der Waals surface area (Å²) in [6.07, 6.45) is 0. The van der Waals surface area contributed by atoms with E-state index in [1.807, 2.05) is 32.9 Å². The molecule has 0 atom stereocenters. The van der Waals surface area contributed by atoms with E-state index in [9.17, 15) is 4.39 Å². The molecule has 0 radical (unpaired) electrons. The van der Waals surface area contributed by atoms with Gasteiger partial charge in [-0.25, -0.2) is 9.37 Å². The second-order valence-electron chi connectivity index (χ2n) is 5.96. The second kappa shape index (κ2) is 4.73. The Morgan fingerprint density at radius 3 is 2.52 bits per heavy atom. The number of pyridine rings is 1. The predicted molar refractivity (Wildman–Crippen MR) is 83.2 cm³/mol. The number of nitrogens with one attached hydrogen (secondary N) is 2. The van der Waals surface area contributed by atoms with Crippen LogP contribution < -0.4 is 0 Å². The molecule has 3 rings (SSSR count). The maximum atomic E-state index is 14.1. The molecule has 0 amide bonds. The van der Waals surface area contributed by atoms with Crippen molar-refractivity contribution in [3.63, 3.8) is 0 Å². The summed E-state index contributed by atoms with van der Waals surface area (Å²) in [7, 11) is 0. The molecule has 0 aliphatic carbocycles. The van der Waals surface area contributed by atoms with Gasteiger partial charge in [0, 0.05) is 22.1 Å². The lowest BCUT2D eigenvalue weighted by atomic mass is 9.89. The highest BCUT2D eigenvalue weighted by Gasteiger charge is 2.20. The average Bonchev–Trinajstić information content (AvgIpc) is 2.83. The van der Waals surface area contributed by atoms with Gasteiger partial charge in [-0.15, -0.1) is 0 Å². The van der Waals surface area contributed by atoms with Crippen LogP contribution in [0.5, 0.6) is 0 Å². The van der Waals surface area contributed by atoms with Crippen molar-refractivity contribution < 1.29 is 4.39 Å². The van der Waals surface area contributed by atoms with Gasteiger partial charge in [-0.2, -0.15) is 4.98 Å². The molecule has 0 aliphatic rings. The minimum absolute atomic E-state index is 0.196. The molecule has 2 heterocycles. The quantitative estimate of drug-likeness (QED) is 0.665. The van der Waals surface area contributed by atoms with Gasteiger partial charge in [0.25, 0.3) is 0 Å². The molecule has 4 nitrogen and oxygen atoms in total. The molecule has 1 aromatic carbocycles. The highest BCUT2D eigenvalue weighted by molar-refractivity contribution is 7.71. The van der Waals surface area contributed by atoms with Crippen LogP contribution in [0.4, 0.5) is 4.39 Å². The molecule has 0 spiro atoms. The molecule has 0 aliphatic heterocycles. The number of benzene rings is 1. The van der Waals surface area contributed by atoms with Crippen LogP contribution in [0.15, 0.2) is 24.3 Å². The zero-order valence-corrected chi connectivity index (χ0v) is 12.8. The first kappa shape index (κ1) is 13.9. The molecule has 0 saturated carbocycles. The number of H-pyrrole nitrogens is 2. The number of aromatic nitrogens is 4. The average molecular weight is 302 g/mol. The second-order valence-corrected chi connectivity index (χ2v) is 6.34. The number of para-hydroxylation sites is 1. The molecule has 6 heteroatoms. The van der Waals surface area contributed by atoms with Gasteiger partial charge in [0.15, 0.2) is 5.82 Å². The lowest BCUT2D eigenvalue weighted by Gasteiger charge is -2.19. The van der Waals surface area contributed by atoms with Gasteiger partial charge in [-0.3, -0.25) is 10.2 Å². The monoisotopic (exact) mass is 302 g/mol. The normalized spacial score (nSPS) is 12.0. The van der Waals surface area contributed by atoms with Gasteiger partial charge in [0.1, 0.15) is 11.3 Å². The number of rotatable bonds is 1. The number of aromatic amines is 2. The van der Waals surface area contributed by atoms with E-state index < -0.39 is 0 Å². The van der Waals surface area contributed by atoms with E-state index in [1.54, 1.807) is 6.07 Å². The molecule has 2 aromatic heterocycles. The molecule has 0 bridgehead atoms. The van der Waals surface area contributed by atoms with Crippen LogP contribution >= 0.6 is 12.2 Å². The van der Waals surface area contributed by atoms with Crippen molar-refractivity contribution >= 4 is 23.1 Å². The van der Waals surface area contributed by atoms with Gasteiger partial charge < -0.3 is 0 Å². The van der Waals surface area contributed by atoms with E-state index in [2.05, 4.69) is 20.2 Å². The Hall–Kier alpha value is -2.08. The third-order valence-corrected chi connectivity index (χ3v) is 3.51. The third kappa shape index (κ3) is 2.47. The number of hydrogen-bond donors (Lipinski definition) is 2. The Labute approximate surface area is 126 Å². The summed E-state index contributed by atoms with van der Waals surface area (Å²) in [4.78, 5) is 8.72. The minimum atomic E-state index is -0.339. The number of fused-ring (bicyclic) bond motifs is 1. The topological polar surface area (TPSA) is 57.4 Å². The zero-order valence-electron chi connectivity index (χ0n) is 12.0. The van der Waals surface area contributed by atoms with Gasteiger partial charge in [-0.05, 0) is 24.4 Å². The van der Waals surface area contributed by atoms with Crippen LogP contribution in [0.1, 0.15) is 26.5 Å². The molecule has 21 heavy (non-hydrogen) atoms.